The molecule has 0 fully saturated rings. The highest BCUT2D eigenvalue weighted by Gasteiger charge is 2.21. The Morgan fingerprint density at radius 1 is 1.67 bits per heavy atom. The van der Waals surface area contributed by atoms with Gasteiger partial charge < -0.3 is 15.0 Å². The normalized spacial score (nSPS) is 18.9. The molecule has 0 saturated carbocycles. The molecule has 1 atom stereocenters. The number of aromatic amines is 1. The molecular formula is C13H22N4O. The van der Waals surface area contributed by atoms with Crippen molar-refractivity contribution in [2.24, 2.45) is 0 Å². The van der Waals surface area contributed by atoms with Crippen molar-refractivity contribution in [3.05, 3.63) is 30.4 Å². The van der Waals surface area contributed by atoms with E-state index in [0.717, 1.165) is 39.2 Å². The predicted octanol–water partition coefficient (Wildman–Crippen LogP) is 0.558. The first-order valence-electron chi connectivity index (χ1n) is 6.40. The fourth-order valence-electron chi connectivity index (χ4n) is 2.33. The quantitative estimate of drug-likeness (QED) is 0.694. The van der Waals surface area contributed by atoms with E-state index in [9.17, 15) is 0 Å². The van der Waals surface area contributed by atoms with Gasteiger partial charge in [-0.15, -0.1) is 6.58 Å². The summed E-state index contributed by atoms with van der Waals surface area (Å²) in [6.07, 6.45) is 4.71. The van der Waals surface area contributed by atoms with Gasteiger partial charge in [0.1, 0.15) is 0 Å². The van der Waals surface area contributed by atoms with Crippen LogP contribution < -0.4 is 5.32 Å². The van der Waals surface area contributed by atoms with E-state index in [1.165, 1.54) is 11.4 Å². The van der Waals surface area contributed by atoms with Gasteiger partial charge in [-0.3, -0.25) is 4.90 Å². The predicted molar refractivity (Wildman–Crippen MR) is 71.4 cm³/mol. The van der Waals surface area contributed by atoms with Gasteiger partial charge in [0, 0.05) is 45.8 Å². The third kappa shape index (κ3) is 3.41. The summed E-state index contributed by atoms with van der Waals surface area (Å²) in [6.45, 7) is 8.29. The first-order valence-corrected chi connectivity index (χ1v) is 6.40. The topological polar surface area (TPSA) is 53.2 Å². The number of fused-ring (bicyclic) bond motifs is 1. The van der Waals surface area contributed by atoms with Crippen molar-refractivity contribution in [2.45, 2.75) is 19.0 Å². The van der Waals surface area contributed by atoms with Gasteiger partial charge >= 0.3 is 0 Å². The van der Waals surface area contributed by atoms with E-state index in [1.807, 2.05) is 6.08 Å². The van der Waals surface area contributed by atoms with E-state index < -0.39 is 0 Å². The van der Waals surface area contributed by atoms with Gasteiger partial charge in [0.15, 0.2) is 0 Å². The van der Waals surface area contributed by atoms with Gasteiger partial charge in [0.05, 0.1) is 24.3 Å². The molecule has 100 valence electrons. The van der Waals surface area contributed by atoms with Crippen LogP contribution in [0.3, 0.4) is 0 Å². The summed E-state index contributed by atoms with van der Waals surface area (Å²) in [5.74, 6) is 0. The number of imidazole rings is 1. The smallest absolute Gasteiger partial charge is 0.0925 e. The highest BCUT2D eigenvalue weighted by Crippen LogP contribution is 2.12. The second kappa shape index (κ2) is 6.68. The number of methoxy groups -OCH3 is 1. The second-order valence-corrected chi connectivity index (χ2v) is 4.65. The molecule has 1 aromatic heterocycles. The Labute approximate surface area is 108 Å². The molecule has 0 bridgehead atoms. The maximum atomic E-state index is 5.14. The van der Waals surface area contributed by atoms with Gasteiger partial charge in [-0.2, -0.15) is 0 Å². The molecule has 0 saturated heterocycles. The van der Waals surface area contributed by atoms with Gasteiger partial charge in [-0.05, 0) is 0 Å². The summed E-state index contributed by atoms with van der Waals surface area (Å²) in [4.78, 5) is 9.88. The number of aromatic nitrogens is 2. The van der Waals surface area contributed by atoms with Crippen molar-refractivity contribution in [3.63, 3.8) is 0 Å². The summed E-state index contributed by atoms with van der Waals surface area (Å²) in [5, 5.41) is 3.54. The number of hydrogen-bond donors (Lipinski definition) is 2. The van der Waals surface area contributed by atoms with Crippen molar-refractivity contribution in [3.8, 4) is 0 Å². The van der Waals surface area contributed by atoms with Crippen LogP contribution in [0.1, 0.15) is 11.4 Å². The van der Waals surface area contributed by atoms with Crippen LogP contribution in [-0.4, -0.2) is 54.3 Å². The Morgan fingerprint density at radius 3 is 3.33 bits per heavy atom. The van der Waals surface area contributed by atoms with E-state index in [2.05, 4.69) is 26.8 Å². The number of H-pyrrole nitrogens is 1. The molecule has 0 spiro atoms. The summed E-state index contributed by atoms with van der Waals surface area (Å²) >= 11 is 0. The summed E-state index contributed by atoms with van der Waals surface area (Å²) in [6, 6.07) is 0.456. The van der Waals surface area contributed by atoms with Gasteiger partial charge in [-0.25, -0.2) is 4.98 Å². The van der Waals surface area contributed by atoms with Crippen molar-refractivity contribution < 1.29 is 4.74 Å². The minimum Gasteiger partial charge on any atom is -0.383 e. The van der Waals surface area contributed by atoms with E-state index in [-0.39, 0.29) is 0 Å². The Morgan fingerprint density at radius 2 is 2.56 bits per heavy atom. The minimum atomic E-state index is 0.456. The number of hydrogen-bond acceptors (Lipinski definition) is 4. The molecular weight excluding hydrogens is 228 g/mol. The second-order valence-electron chi connectivity index (χ2n) is 4.65. The molecule has 1 aromatic rings. The average Bonchev–Trinajstić information content (AvgIpc) is 2.83. The van der Waals surface area contributed by atoms with Crippen LogP contribution in [0.4, 0.5) is 0 Å². The molecule has 0 aromatic carbocycles. The molecule has 1 unspecified atom stereocenters. The van der Waals surface area contributed by atoms with Crippen molar-refractivity contribution in [1.29, 1.82) is 0 Å². The van der Waals surface area contributed by atoms with Gasteiger partial charge in [-0.1, -0.05) is 6.08 Å². The van der Waals surface area contributed by atoms with Crippen LogP contribution in [0.2, 0.25) is 0 Å². The number of ether oxygens (including phenoxy) is 1. The van der Waals surface area contributed by atoms with Crippen LogP contribution in [0.5, 0.6) is 0 Å². The van der Waals surface area contributed by atoms with E-state index in [4.69, 9.17) is 4.74 Å². The van der Waals surface area contributed by atoms with Crippen LogP contribution in [0, 0.1) is 0 Å². The summed E-state index contributed by atoms with van der Waals surface area (Å²) < 4.78 is 5.14. The maximum Gasteiger partial charge on any atom is 0.0925 e. The van der Waals surface area contributed by atoms with E-state index in [0.29, 0.717) is 6.04 Å². The molecule has 0 aliphatic carbocycles. The van der Waals surface area contributed by atoms with Crippen molar-refractivity contribution in [2.75, 3.05) is 33.4 Å². The molecule has 5 heteroatoms. The highest BCUT2D eigenvalue weighted by atomic mass is 16.5. The molecule has 0 amide bonds. The standard InChI is InChI=1S/C13H22N4O/c1-3-4-17(5-6-18-2)9-11-7-12-13(8-14-11)16-10-15-12/h3,10-11,14H,1,4-9H2,2H3,(H,15,16). The summed E-state index contributed by atoms with van der Waals surface area (Å²) in [5.41, 5.74) is 2.42. The molecule has 0 radical (unpaired) electrons. The third-order valence-corrected chi connectivity index (χ3v) is 3.29. The number of nitrogens with zero attached hydrogens (tertiary/aromatic N) is 2. The van der Waals surface area contributed by atoms with Crippen molar-refractivity contribution in [1.82, 2.24) is 20.2 Å². The maximum absolute atomic E-state index is 5.14. The van der Waals surface area contributed by atoms with Crippen LogP contribution in [0.15, 0.2) is 19.0 Å². The summed E-state index contributed by atoms with van der Waals surface area (Å²) in [7, 11) is 1.74. The van der Waals surface area contributed by atoms with Gasteiger partial charge in [0.25, 0.3) is 0 Å². The Kier molecular flexibility index (Phi) is 4.92. The molecule has 18 heavy (non-hydrogen) atoms. The first kappa shape index (κ1) is 13.3. The largest absolute Gasteiger partial charge is 0.383 e. The molecule has 1 aliphatic heterocycles. The molecule has 5 nitrogen and oxygen atoms in total. The van der Waals surface area contributed by atoms with E-state index >= 15 is 0 Å². The monoisotopic (exact) mass is 250 g/mol. The SMILES string of the molecule is C=CCN(CCOC)CC1Cc2nc[nH]c2CN1. The number of nitrogens with one attached hydrogen (secondary N) is 2. The molecule has 1 aliphatic rings. The zero-order valence-electron chi connectivity index (χ0n) is 11.0. The highest BCUT2D eigenvalue weighted by molar-refractivity contribution is 5.16. The lowest BCUT2D eigenvalue weighted by atomic mass is 10.0. The average molecular weight is 250 g/mol. The lowest BCUT2D eigenvalue weighted by molar-refractivity contribution is 0.146. The molecule has 2 N–H and O–H groups in total. The Bertz CT molecular complexity index is 377. The Hall–Kier alpha value is -1.17. The fourth-order valence-corrected chi connectivity index (χ4v) is 2.33. The van der Waals surface area contributed by atoms with Crippen molar-refractivity contribution >= 4 is 0 Å². The zero-order valence-corrected chi connectivity index (χ0v) is 11.0. The van der Waals surface area contributed by atoms with Crippen LogP contribution >= 0.6 is 0 Å². The van der Waals surface area contributed by atoms with E-state index in [1.54, 1.807) is 13.4 Å². The lowest BCUT2D eigenvalue weighted by Gasteiger charge is -2.29. The minimum absolute atomic E-state index is 0.456. The Balaban J connectivity index is 1.86. The fraction of sp³-hybridized carbons (Fsp3) is 0.615. The van der Waals surface area contributed by atoms with Crippen LogP contribution in [0.25, 0.3) is 0 Å². The zero-order chi connectivity index (χ0) is 12.8. The molecule has 2 rings (SSSR count). The molecule has 2 heterocycles. The number of rotatable bonds is 7. The third-order valence-electron chi connectivity index (χ3n) is 3.29. The van der Waals surface area contributed by atoms with Crippen LogP contribution in [-0.2, 0) is 17.7 Å². The first-order chi connectivity index (χ1) is 8.83. The lowest BCUT2D eigenvalue weighted by Crippen LogP contribution is -2.45. The van der Waals surface area contributed by atoms with Gasteiger partial charge in [0.2, 0.25) is 0 Å².